The molecule has 0 fully saturated rings. The molecule has 0 radical (unpaired) electrons. The van der Waals surface area contributed by atoms with E-state index in [9.17, 15) is 5.11 Å². The van der Waals surface area contributed by atoms with Gasteiger partial charge in [0.15, 0.2) is 11.9 Å². The zero-order chi connectivity index (χ0) is 18.0. The average Bonchev–Trinajstić information content (AvgIpc) is 2.77. The van der Waals surface area contributed by atoms with Gasteiger partial charge in [0.1, 0.15) is 7.05 Å². The minimum atomic E-state index is -0.588. The van der Waals surface area contributed by atoms with Gasteiger partial charge in [-0.2, -0.15) is 0 Å². The van der Waals surface area contributed by atoms with Gasteiger partial charge in [0.05, 0.1) is 17.6 Å². The minimum absolute atomic E-state index is 0. The van der Waals surface area contributed by atoms with Crippen LogP contribution in [0.25, 0.3) is 6.08 Å². The Kier molecular flexibility index (Phi) is 4.60. The summed E-state index contributed by atoms with van der Waals surface area (Å²) in [6, 6.07) is 8.49. The lowest BCUT2D eigenvalue weighted by Crippen LogP contribution is -3.00. The monoisotopic (exact) mass is 464 g/mol. The van der Waals surface area contributed by atoms with Gasteiger partial charge in [0, 0.05) is 25.2 Å². The van der Waals surface area contributed by atoms with E-state index in [0.717, 1.165) is 22.6 Å². The first-order valence-electron chi connectivity index (χ1n) is 8.68. The molecule has 1 atom stereocenters. The predicted molar refractivity (Wildman–Crippen MR) is 98.5 cm³/mol. The van der Waals surface area contributed by atoms with Crippen LogP contribution in [0.4, 0.5) is 5.69 Å². The van der Waals surface area contributed by atoms with Crippen molar-refractivity contribution in [2.24, 2.45) is 7.05 Å². The highest BCUT2D eigenvalue weighted by Gasteiger charge is 2.58. The Morgan fingerprint density at radius 1 is 1.23 bits per heavy atom. The van der Waals surface area contributed by atoms with Gasteiger partial charge in [-0.15, -0.1) is 0 Å². The predicted octanol–water partition coefficient (Wildman–Crippen LogP) is -0.155. The van der Waals surface area contributed by atoms with E-state index in [-0.39, 0.29) is 36.0 Å². The molecule has 0 saturated heterocycles. The van der Waals surface area contributed by atoms with Crippen LogP contribution < -0.4 is 38.2 Å². The lowest BCUT2D eigenvalue weighted by atomic mass is 9.76. The number of likely N-dealkylation sites (N-methyl/N-ethyl adjacent to an activating group) is 1. The topological polar surface area (TPSA) is 36.6 Å². The highest BCUT2D eigenvalue weighted by Crippen LogP contribution is 2.54. The van der Waals surface area contributed by atoms with Crippen LogP contribution in [0, 0.1) is 6.92 Å². The molecule has 2 aromatic rings. The molecule has 1 aromatic heterocycles. The van der Waals surface area contributed by atoms with E-state index < -0.39 is 5.72 Å². The molecule has 0 saturated carbocycles. The number of pyridine rings is 1. The first kappa shape index (κ1) is 19.2. The van der Waals surface area contributed by atoms with Gasteiger partial charge in [-0.05, 0) is 37.6 Å². The summed E-state index contributed by atoms with van der Waals surface area (Å²) in [5, 5.41) is 9.75. The lowest BCUT2D eigenvalue weighted by Gasteiger charge is -2.45. The van der Waals surface area contributed by atoms with Crippen molar-refractivity contribution in [1.82, 2.24) is 0 Å². The molecule has 2 aliphatic rings. The van der Waals surface area contributed by atoms with Crippen molar-refractivity contribution >= 4 is 11.8 Å². The Hall–Kier alpha value is -1.60. The second-order valence-corrected chi connectivity index (χ2v) is 7.58. The van der Waals surface area contributed by atoms with Crippen LogP contribution in [0.1, 0.15) is 36.2 Å². The fraction of sp³-hybridized carbons (Fsp3) is 0.381. The van der Waals surface area contributed by atoms with E-state index in [1.54, 1.807) is 0 Å². The molecule has 0 amide bonds. The van der Waals surface area contributed by atoms with Crippen LogP contribution in [0.2, 0.25) is 0 Å². The molecule has 1 spiro atoms. The summed E-state index contributed by atoms with van der Waals surface area (Å²) < 4.78 is 8.77. The maximum absolute atomic E-state index is 9.75. The summed E-state index contributed by atoms with van der Waals surface area (Å²) in [4.78, 5) is 2.23. The zero-order valence-corrected chi connectivity index (χ0v) is 18.0. The van der Waals surface area contributed by atoms with Gasteiger partial charge in [-0.1, -0.05) is 18.2 Å². The van der Waals surface area contributed by atoms with Gasteiger partial charge >= 0.3 is 0 Å². The Bertz CT molecular complexity index is 907. The number of aliphatic hydroxyl groups is 1. The Morgan fingerprint density at radius 2 is 1.92 bits per heavy atom. The van der Waals surface area contributed by atoms with Gasteiger partial charge < -0.3 is 38.7 Å². The third kappa shape index (κ3) is 2.26. The fourth-order valence-corrected chi connectivity index (χ4v) is 4.33. The molecule has 0 bridgehead atoms. The number of ether oxygens (including phenoxy) is 1. The number of rotatable bonds is 1. The van der Waals surface area contributed by atoms with Crippen molar-refractivity contribution in [3.63, 3.8) is 0 Å². The summed E-state index contributed by atoms with van der Waals surface area (Å²) in [6.45, 7) is 6.52. The molecule has 0 aliphatic carbocycles. The van der Waals surface area contributed by atoms with Crippen LogP contribution in [-0.4, -0.2) is 17.9 Å². The summed E-state index contributed by atoms with van der Waals surface area (Å²) in [7, 11) is 4.08. The zero-order valence-electron chi connectivity index (χ0n) is 15.9. The maximum atomic E-state index is 9.75. The molecule has 138 valence electrons. The molecule has 1 N–H and O–H groups in total. The van der Waals surface area contributed by atoms with E-state index in [0.29, 0.717) is 0 Å². The normalized spacial score (nSPS) is 21.8. The smallest absolute Gasteiger partial charge is 0.221 e. The molecule has 2 aliphatic heterocycles. The lowest BCUT2D eigenvalue weighted by molar-refractivity contribution is -0.678. The van der Waals surface area contributed by atoms with E-state index in [2.05, 4.69) is 69.1 Å². The van der Waals surface area contributed by atoms with Gasteiger partial charge in [0.25, 0.3) is 0 Å². The highest BCUT2D eigenvalue weighted by molar-refractivity contribution is 5.73. The average molecular weight is 464 g/mol. The molecule has 5 heteroatoms. The standard InChI is InChI=1S/C21H25N2O2.HI/c1-14-19-16(15(13-24)12-22(14)4)10-11-21(25-19)20(2,3)17-8-6-7-9-18(17)23(21)5;/h6-12,24H,13H2,1-5H3;1H/q+1;/p-1. The molecule has 26 heavy (non-hydrogen) atoms. The first-order valence-corrected chi connectivity index (χ1v) is 8.68. The Balaban J connectivity index is 0.00000196. The third-order valence-electron chi connectivity index (χ3n) is 6.03. The summed E-state index contributed by atoms with van der Waals surface area (Å²) in [5.41, 5.74) is 4.58. The Labute approximate surface area is 172 Å². The number of halogens is 1. The highest BCUT2D eigenvalue weighted by atomic mass is 127. The number of para-hydroxylation sites is 1. The summed E-state index contributed by atoms with van der Waals surface area (Å²) in [6.07, 6.45) is 6.23. The number of benzene rings is 1. The first-order chi connectivity index (χ1) is 11.8. The largest absolute Gasteiger partial charge is 1.00 e. The number of hydrogen-bond acceptors (Lipinski definition) is 3. The van der Waals surface area contributed by atoms with Crippen molar-refractivity contribution < 1.29 is 38.4 Å². The van der Waals surface area contributed by atoms with Crippen molar-refractivity contribution in [3.8, 4) is 5.75 Å². The van der Waals surface area contributed by atoms with Gasteiger partial charge in [0.2, 0.25) is 11.4 Å². The van der Waals surface area contributed by atoms with Crippen LogP contribution in [0.15, 0.2) is 36.5 Å². The Morgan fingerprint density at radius 3 is 2.58 bits per heavy atom. The van der Waals surface area contributed by atoms with Crippen molar-refractivity contribution in [2.45, 2.75) is 38.5 Å². The minimum Gasteiger partial charge on any atom is -1.00 e. The van der Waals surface area contributed by atoms with Crippen LogP contribution in [0.3, 0.4) is 0 Å². The van der Waals surface area contributed by atoms with Gasteiger partial charge in [-0.3, -0.25) is 0 Å². The van der Waals surface area contributed by atoms with E-state index in [4.69, 9.17) is 4.74 Å². The van der Waals surface area contributed by atoms with Crippen molar-refractivity contribution in [2.75, 3.05) is 11.9 Å². The van der Waals surface area contributed by atoms with E-state index >= 15 is 0 Å². The molecule has 1 aromatic carbocycles. The number of hydrogen-bond donors (Lipinski definition) is 1. The molecule has 4 rings (SSSR count). The molecular weight excluding hydrogens is 439 g/mol. The molecular formula is C21H25IN2O2. The van der Waals surface area contributed by atoms with Crippen LogP contribution >= 0.6 is 0 Å². The summed E-state index contributed by atoms with van der Waals surface area (Å²) in [5.74, 6) is 0.851. The maximum Gasteiger partial charge on any atom is 0.221 e. The number of anilines is 1. The quantitative estimate of drug-likeness (QED) is 0.471. The number of nitrogens with zero attached hydrogens (tertiary/aromatic N) is 2. The van der Waals surface area contributed by atoms with Crippen molar-refractivity contribution in [1.29, 1.82) is 0 Å². The van der Waals surface area contributed by atoms with Crippen LogP contribution in [0.5, 0.6) is 5.75 Å². The molecule has 1 unspecified atom stereocenters. The SMILES string of the molecule is Cc1c2c(c(CO)c[n+]1C)C=CC1(O2)N(C)c2ccccc2C1(C)C.[I-]. The van der Waals surface area contributed by atoms with E-state index in [1.807, 2.05) is 17.8 Å². The fourth-order valence-electron chi connectivity index (χ4n) is 4.33. The molecule has 4 nitrogen and oxygen atoms in total. The second-order valence-electron chi connectivity index (χ2n) is 7.58. The number of fused-ring (bicyclic) bond motifs is 2. The molecule has 3 heterocycles. The number of aryl methyl sites for hydroxylation is 1. The van der Waals surface area contributed by atoms with E-state index in [1.165, 1.54) is 11.3 Å². The second kappa shape index (κ2) is 6.23. The third-order valence-corrected chi connectivity index (χ3v) is 6.03. The van der Waals surface area contributed by atoms with Crippen LogP contribution in [-0.2, 0) is 19.1 Å². The summed E-state index contributed by atoms with van der Waals surface area (Å²) >= 11 is 0. The van der Waals surface area contributed by atoms with Gasteiger partial charge in [-0.25, -0.2) is 4.57 Å². The number of aliphatic hydroxyl groups excluding tert-OH is 1. The number of aromatic nitrogens is 1. The van der Waals surface area contributed by atoms with Crippen molar-refractivity contribution in [3.05, 3.63) is 58.9 Å².